The van der Waals surface area contributed by atoms with E-state index in [-0.39, 0.29) is 22.9 Å². The highest BCUT2D eigenvalue weighted by molar-refractivity contribution is 5.56. The number of benzene rings is 2. The van der Waals surface area contributed by atoms with Crippen molar-refractivity contribution in [3.8, 4) is 11.5 Å². The Morgan fingerprint density at radius 3 is 1.33 bits per heavy atom. The summed E-state index contributed by atoms with van der Waals surface area (Å²) in [6.07, 6.45) is 6.44. The number of aryl methyl sites for hydroxylation is 2. The Balaban J connectivity index is 1.77. The Morgan fingerprint density at radius 1 is 0.667 bits per heavy atom. The van der Waals surface area contributed by atoms with Crippen LogP contribution in [-0.2, 0) is 12.8 Å². The summed E-state index contributed by atoms with van der Waals surface area (Å²) in [7, 11) is 0. The van der Waals surface area contributed by atoms with E-state index in [1.165, 1.54) is 12.1 Å². The summed E-state index contributed by atoms with van der Waals surface area (Å²) in [6.45, 7) is 3.62. The second-order valence-corrected chi connectivity index (χ2v) is 7.59. The predicted octanol–water partition coefficient (Wildman–Crippen LogP) is 5.66. The van der Waals surface area contributed by atoms with Crippen LogP contribution in [0, 0.1) is 34.1 Å². The standard InChI is InChI=1S/C22H28N2O6/c1-15-11-13-19(25)21(23(27)28)17(15)9-7-5-3-4-6-8-10-18-16(2)12-14-20(26)22(18)24(29)30/h11-14,25-26H,3-10H2,1-2H3. The summed E-state index contributed by atoms with van der Waals surface area (Å²) in [5.41, 5.74) is 2.40. The third-order valence-corrected chi connectivity index (χ3v) is 5.46. The highest BCUT2D eigenvalue weighted by Crippen LogP contribution is 2.34. The first-order chi connectivity index (χ1) is 14.2. The number of nitro groups is 2. The van der Waals surface area contributed by atoms with Crippen molar-refractivity contribution in [2.24, 2.45) is 0 Å². The maximum absolute atomic E-state index is 11.2. The molecule has 0 aliphatic heterocycles. The molecular formula is C22H28N2O6. The lowest BCUT2D eigenvalue weighted by Crippen LogP contribution is -2.00. The zero-order valence-electron chi connectivity index (χ0n) is 17.4. The first-order valence-electron chi connectivity index (χ1n) is 10.2. The molecule has 0 heterocycles. The van der Waals surface area contributed by atoms with E-state index < -0.39 is 9.85 Å². The van der Waals surface area contributed by atoms with Crippen LogP contribution < -0.4 is 0 Å². The molecule has 0 saturated carbocycles. The molecule has 2 aromatic carbocycles. The average Bonchev–Trinajstić information content (AvgIpc) is 2.68. The number of nitrogens with zero attached hydrogens (tertiary/aromatic N) is 2. The van der Waals surface area contributed by atoms with Crippen LogP contribution in [0.3, 0.4) is 0 Å². The first-order valence-corrected chi connectivity index (χ1v) is 10.2. The Labute approximate surface area is 175 Å². The Morgan fingerprint density at radius 2 is 1.00 bits per heavy atom. The number of phenolic OH excluding ortho intramolecular Hbond substituents is 2. The fourth-order valence-electron chi connectivity index (χ4n) is 3.80. The number of phenols is 2. The van der Waals surface area contributed by atoms with E-state index in [2.05, 4.69) is 0 Å². The van der Waals surface area contributed by atoms with E-state index in [0.29, 0.717) is 24.0 Å². The minimum atomic E-state index is -0.528. The lowest BCUT2D eigenvalue weighted by Gasteiger charge is -2.09. The number of aromatic hydroxyl groups is 2. The van der Waals surface area contributed by atoms with E-state index in [1.54, 1.807) is 12.1 Å². The largest absolute Gasteiger partial charge is 0.502 e. The summed E-state index contributed by atoms with van der Waals surface area (Å²) in [6, 6.07) is 6.10. The second-order valence-electron chi connectivity index (χ2n) is 7.59. The summed E-state index contributed by atoms with van der Waals surface area (Å²) in [4.78, 5) is 21.4. The van der Waals surface area contributed by atoms with Crippen molar-refractivity contribution in [1.29, 1.82) is 0 Å². The van der Waals surface area contributed by atoms with Gasteiger partial charge in [-0.1, -0.05) is 37.8 Å². The molecule has 2 aromatic rings. The topological polar surface area (TPSA) is 127 Å². The highest BCUT2D eigenvalue weighted by atomic mass is 16.6. The molecule has 0 bridgehead atoms. The van der Waals surface area contributed by atoms with Gasteiger partial charge in [0.2, 0.25) is 0 Å². The summed E-state index contributed by atoms with van der Waals surface area (Å²) in [5.74, 6) is -0.589. The van der Waals surface area contributed by atoms with Crippen LogP contribution in [0.1, 0.15) is 60.8 Å². The van der Waals surface area contributed by atoms with Gasteiger partial charge in [0.1, 0.15) is 0 Å². The quantitative estimate of drug-likeness (QED) is 0.276. The number of nitro benzene ring substituents is 2. The van der Waals surface area contributed by atoms with Gasteiger partial charge in [-0.15, -0.1) is 0 Å². The molecule has 30 heavy (non-hydrogen) atoms. The molecule has 0 aromatic heterocycles. The Kier molecular flexibility index (Phi) is 8.15. The maximum Gasteiger partial charge on any atom is 0.314 e. The fourth-order valence-corrected chi connectivity index (χ4v) is 3.80. The second kappa shape index (κ2) is 10.6. The lowest BCUT2D eigenvalue weighted by atomic mass is 9.97. The Hall–Kier alpha value is -3.16. The third kappa shape index (κ3) is 5.68. The SMILES string of the molecule is Cc1ccc(O)c([N+](=O)[O-])c1CCCCCCCCc1c(C)ccc(O)c1[N+](=O)[O-]. The highest BCUT2D eigenvalue weighted by Gasteiger charge is 2.22. The molecule has 0 aliphatic carbocycles. The summed E-state index contributed by atoms with van der Waals surface area (Å²) in [5, 5.41) is 42.0. The van der Waals surface area contributed by atoms with Gasteiger partial charge in [0, 0.05) is 11.1 Å². The van der Waals surface area contributed by atoms with Crippen LogP contribution in [0.2, 0.25) is 0 Å². The Bertz CT molecular complexity index is 851. The van der Waals surface area contributed by atoms with Gasteiger partial charge in [-0.25, -0.2) is 0 Å². The molecule has 8 heteroatoms. The molecule has 0 fully saturated rings. The normalized spacial score (nSPS) is 10.9. The van der Waals surface area contributed by atoms with Crippen LogP contribution in [0.5, 0.6) is 11.5 Å². The zero-order chi connectivity index (χ0) is 22.3. The van der Waals surface area contributed by atoms with Gasteiger partial charge in [0.15, 0.2) is 11.5 Å². The van der Waals surface area contributed by atoms with Crippen LogP contribution in [0.4, 0.5) is 11.4 Å². The smallest absolute Gasteiger partial charge is 0.314 e. The molecule has 0 atom stereocenters. The predicted molar refractivity (Wildman–Crippen MR) is 114 cm³/mol. The molecule has 0 spiro atoms. The number of hydrogen-bond donors (Lipinski definition) is 2. The molecule has 0 saturated heterocycles. The average molecular weight is 416 g/mol. The van der Waals surface area contributed by atoms with Crippen molar-refractivity contribution in [3.63, 3.8) is 0 Å². The van der Waals surface area contributed by atoms with E-state index in [4.69, 9.17) is 0 Å². The molecule has 162 valence electrons. The fraction of sp³-hybridized carbons (Fsp3) is 0.455. The molecule has 2 N–H and O–H groups in total. The van der Waals surface area contributed by atoms with E-state index in [9.17, 15) is 30.4 Å². The minimum absolute atomic E-state index is 0.196. The molecule has 0 aliphatic rings. The number of rotatable bonds is 11. The molecule has 8 nitrogen and oxygen atoms in total. The first kappa shape index (κ1) is 23.1. The van der Waals surface area contributed by atoms with Gasteiger partial charge in [-0.3, -0.25) is 20.2 Å². The lowest BCUT2D eigenvalue weighted by molar-refractivity contribution is -0.386. The summed E-state index contributed by atoms with van der Waals surface area (Å²) < 4.78 is 0. The van der Waals surface area contributed by atoms with Crippen LogP contribution in [-0.4, -0.2) is 20.1 Å². The molecule has 0 radical (unpaired) electrons. The van der Waals surface area contributed by atoms with Gasteiger partial charge in [-0.05, 0) is 62.8 Å². The van der Waals surface area contributed by atoms with Gasteiger partial charge >= 0.3 is 11.4 Å². The van der Waals surface area contributed by atoms with E-state index >= 15 is 0 Å². The molecule has 0 unspecified atom stereocenters. The third-order valence-electron chi connectivity index (χ3n) is 5.46. The van der Waals surface area contributed by atoms with Gasteiger partial charge in [0.25, 0.3) is 0 Å². The van der Waals surface area contributed by atoms with Crippen molar-refractivity contribution < 1.29 is 20.1 Å². The van der Waals surface area contributed by atoms with Crippen molar-refractivity contribution in [2.45, 2.75) is 65.2 Å². The number of unbranched alkanes of at least 4 members (excludes halogenated alkanes) is 5. The maximum atomic E-state index is 11.2. The minimum Gasteiger partial charge on any atom is -0.502 e. The van der Waals surface area contributed by atoms with Crippen LogP contribution in [0.25, 0.3) is 0 Å². The summed E-state index contributed by atoms with van der Waals surface area (Å²) >= 11 is 0. The van der Waals surface area contributed by atoms with Crippen LogP contribution in [0.15, 0.2) is 24.3 Å². The molecule has 2 rings (SSSR count). The van der Waals surface area contributed by atoms with E-state index in [1.807, 2.05) is 13.8 Å². The van der Waals surface area contributed by atoms with Gasteiger partial charge < -0.3 is 10.2 Å². The van der Waals surface area contributed by atoms with Gasteiger partial charge in [0.05, 0.1) is 9.85 Å². The zero-order valence-corrected chi connectivity index (χ0v) is 17.4. The van der Waals surface area contributed by atoms with Crippen molar-refractivity contribution in [2.75, 3.05) is 0 Å². The van der Waals surface area contributed by atoms with Crippen LogP contribution >= 0.6 is 0 Å². The van der Waals surface area contributed by atoms with Crippen molar-refractivity contribution in [3.05, 3.63) is 66.7 Å². The van der Waals surface area contributed by atoms with Gasteiger partial charge in [-0.2, -0.15) is 0 Å². The number of hydrogen-bond acceptors (Lipinski definition) is 6. The van der Waals surface area contributed by atoms with E-state index in [0.717, 1.165) is 49.7 Å². The van der Waals surface area contributed by atoms with Crippen molar-refractivity contribution >= 4 is 11.4 Å². The van der Waals surface area contributed by atoms with Crippen molar-refractivity contribution in [1.82, 2.24) is 0 Å². The molecule has 0 amide bonds. The monoisotopic (exact) mass is 416 g/mol. The molecular weight excluding hydrogens is 388 g/mol.